The van der Waals surface area contributed by atoms with E-state index in [9.17, 15) is 0 Å². The van der Waals surface area contributed by atoms with Gasteiger partial charge in [-0.1, -0.05) is 0 Å². The molecule has 0 unspecified atom stereocenters. The summed E-state index contributed by atoms with van der Waals surface area (Å²) in [5.41, 5.74) is 0. The Balaban J connectivity index is 0. The predicted molar refractivity (Wildman–Crippen MR) is 51.0 cm³/mol. The molecule has 0 fully saturated rings. The zero-order valence-electron chi connectivity index (χ0n) is 8.53. The molecule has 2 heteroatoms. The molecule has 0 amide bonds. The van der Waals surface area contributed by atoms with Crippen molar-refractivity contribution in [3.05, 3.63) is 0 Å². The first-order valence-electron chi connectivity index (χ1n) is 4.92. The molecule has 0 rings (SSSR count). The summed E-state index contributed by atoms with van der Waals surface area (Å²) in [7, 11) is 0. The molecule has 2 N–H and O–H groups in total. The smallest absolute Gasteiger partial charge is 0.412 e. The molecule has 0 saturated carbocycles. The largest absolute Gasteiger partial charge is 0.412 e. The van der Waals surface area contributed by atoms with E-state index in [2.05, 4.69) is 13.8 Å². The van der Waals surface area contributed by atoms with E-state index in [1.807, 2.05) is 0 Å². The Hall–Kier alpha value is 0.830. The second-order valence-corrected chi connectivity index (χ2v) is 5.50. The third-order valence-corrected chi connectivity index (χ3v) is 3.23. The molecule has 0 spiro atoms. The van der Waals surface area contributed by atoms with Gasteiger partial charge in [-0.2, -0.15) is 0 Å². The van der Waals surface area contributed by atoms with Crippen LogP contribution < -0.4 is 0 Å². The minimum atomic E-state index is 0. The van der Waals surface area contributed by atoms with E-state index in [4.69, 9.17) is 0 Å². The maximum Gasteiger partial charge on any atom is -0.412 e. The number of rotatable bonds is 7. The topological polar surface area (TPSA) is 31.5 Å². The van der Waals surface area contributed by atoms with Crippen molar-refractivity contribution in [2.24, 2.45) is 5.92 Å². The van der Waals surface area contributed by atoms with Crippen molar-refractivity contribution in [1.29, 1.82) is 0 Å². The quantitative estimate of drug-likeness (QED) is 0.505. The van der Waals surface area contributed by atoms with Crippen LogP contribution in [0.4, 0.5) is 0 Å². The van der Waals surface area contributed by atoms with Crippen molar-refractivity contribution in [3.8, 4) is 0 Å². The summed E-state index contributed by atoms with van der Waals surface area (Å²) in [6.07, 6.45) is 8.82. The first kappa shape index (κ1) is 15.3. The average molecular weight is 338 g/mol. The van der Waals surface area contributed by atoms with Crippen molar-refractivity contribution in [2.75, 3.05) is 0 Å². The Kier molecular flexibility index (Phi) is 15.1. The molecule has 0 aliphatic rings. The minimum absolute atomic E-state index is 0. The van der Waals surface area contributed by atoms with E-state index in [1.54, 1.807) is 0 Å². The summed E-state index contributed by atoms with van der Waals surface area (Å²) in [6.45, 7) is 4.63. The van der Waals surface area contributed by atoms with Crippen molar-refractivity contribution >= 4 is 0 Å². The molecule has 0 atom stereocenters. The van der Waals surface area contributed by atoms with E-state index in [1.165, 1.54) is 67.1 Å². The molecule has 0 aromatic heterocycles. The zero-order chi connectivity index (χ0) is 8.53. The van der Waals surface area contributed by atoms with Gasteiger partial charge in [-0.3, -0.25) is 0 Å². The minimum Gasteiger partial charge on any atom is -0.412 e. The molecular weight excluding hydrogens is 315 g/mol. The van der Waals surface area contributed by atoms with Gasteiger partial charge in [0.15, 0.2) is 0 Å². The SMILES string of the molecule is CC(C)CCCCCC[CH2][Hf].O. The summed E-state index contributed by atoms with van der Waals surface area (Å²) in [5.74, 6) is 0.911. The fourth-order valence-corrected chi connectivity index (χ4v) is 2.11. The van der Waals surface area contributed by atoms with Gasteiger partial charge in [-0.15, -0.1) is 0 Å². The van der Waals surface area contributed by atoms with Crippen LogP contribution in [0.3, 0.4) is 0 Å². The third-order valence-electron chi connectivity index (χ3n) is 1.96. The first-order chi connectivity index (χ1) is 5.27. The second kappa shape index (κ2) is 11.8. The van der Waals surface area contributed by atoms with Gasteiger partial charge in [0.05, 0.1) is 0 Å². The van der Waals surface area contributed by atoms with E-state index in [0.29, 0.717) is 0 Å². The van der Waals surface area contributed by atoms with Gasteiger partial charge in [-0.05, 0) is 0 Å². The van der Waals surface area contributed by atoms with E-state index in [-0.39, 0.29) is 5.48 Å². The van der Waals surface area contributed by atoms with E-state index < -0.39 is 0 Å². The predicted octanol–water partition coefficient (Wildman–Crippen LogP) is 3.12. The van der Waals surface area contributed by atoms with Gasteiger partial charge in [-0.25, -0.2) is 0 Å². The maximum atomic E-state index is 2.32. The molecule has 0 radical (unpaired) electrons. The number of hydrogen-bond acceptors (Lipinski definition) is 0. The number of unbranched alkanes of at least 4 members (excludes halogenated alkanes) is 4. The van der Waals surface area contributed by atoms with Crippen LogP contribution in [0.2, 0.25) is 4.18 Å². The van der Waals surface area contributed by atoms with Gasteiger partial charge in [0.2, 0.25) is 0 Å². The van der Waals surface area contributed by atoms with Gasteiger partial charge < -0.3 is 5.48 Å². The van der Waals surface area contributed by atoms with Crippen molar-refractivity contribution < 1.29 is 29.9 Å². The Bertz CT molecular complexity index is 74.2. The summed E-state index contributed by atoms with van der Waals surface area (Å²) >= 11 is 1.41. The van der Waals surface area contributed by atoms with Crippen LogP contribution in [0.25, 0.3) is 0 Å². The standard InChI is InChI=1S/C10H21.Hf.H2O/c1-4-5-6-7-8-9-10(2)3;;/h10H,1,4-9H2,2-3H3;;1H2. The van der Waals surface area contributed by atoms with Gasteiger partial charge in [0, 0.05) is 0 Å². The van der Waals surface area contributed by atoms with Crippen LogP contribution in [0.5, 0.6) is 0 Å². The molecule has 73 valence electrons. The molecule has 1 nitrogen and oxygen atoms in total. The maximum absolute atomic E-state index is 2.32. The molecule has 12 heavy (non-hydrogen) atoms. The van der Waals surface area contributed by atoms with Crippen molar-refractivity contribution in [1.82, 2.24) is 0 Å². The molecule has 0 aliphatic carbocycles. The normalized spacial score (nSPS) is 9.83. The van der Waals surface area contributed by atoms with Crippen LogP contribution in [0.15, 0.2) is 0 Å². The van der Waals surface area contributed by atoms with Crippen LogP contribution in [-0.2, 0) is 24.4 Å². The molecule has 0 bridgehead atoms. The van der Waals surface area contributed by atoms with Crippen LogP contribution in [0, 0.1) is 5.92 Å². The molecule has 0 aliphatic heterocycles. The number of hydrogen-bond donors (Lipinski definition) is 0. The average Bonchev–Trinajstić information content (AvgIpc) is 1.96. The van der Waals surface area contributed by atoms with Crippen molar-refractivity contribution in [3.63, 3.8) is 0 Å². The fraction of sp³-hybridized carbons (Fsp3) is 1.00. The van der Waals surface area contributed by atoms with Gasteiger partial charge >= 0.3 is 86.8 Å². The fourth-order valence-electron chi connectivity index (χ4n) is 1.21. The summed E-state index contributed by atoms with van der Waals surface area (Å²) < 4.78 is 1.50. The molecule has 0 aromatic rings. The third kappa shape index (κ3) is 13.4. The Labute approximate surface area is 92.2 Å². The Morgan fingerprint density at radius 2 is 1.42 bits per heavy atom. The molecule has 0 aromatic carbocycles. The summed E-state index contributed by atoms with van der Waals surface area (Å²) in [5, 5.41) is 0. The summed E-state index contributed by atoms with van der Waals surface area (Å²) in [6, 6.07) is 0. The second-order valence-electron chi connectivity index (χ2n) is 3.70. The van der Waals surface area contributed by atoms with Crippen LogP contribution >= 0.6 is 0 Å². The van der Waals surface area contributed by atoms with Crippen LogP contribution in [-0.4, -0.2) is 5.48 Å². The monoisotopic (exact) mass is 339 g/mol. The van der Waals surface area contributed by atoms with Crippen LogP contribution in [0.1, 0.15) is 52.4 Å². The molecular formula is C10H23HfO. The van der Waals surface area contributed by atoms with E-state index >= 15 is 0 Å². The van der Waals surface area contributed by atoms with Gasteiger partial charge in [0.1, 0.15) is 0 Å². The Morgan fingerprint density at radius 3 is 1.92 bits per heavy atom. The van der Waals surface area contributed by atoms with Crippen molar-refractivity contribution in [2.45, 2.75) is 56.5 Å². The first-order valence-corrected chi connectivity index (χ1v) is 7.46. The molecule has 0 heterocycles. The molecule has 0 saturated heterocycles. The Morgan fingerprint density at radius 1 is 0.917 bits per heavy atom. The summed E-state index contributed by atoms with van der Waals surface area (Å²) in [4.78, 5) is 0. The van der Waals surface area contributed by atoms with E-state index in [0.717, 1.165) is 5.92 Å². The van der Waals surface area contributed by atoms with Gasteiger partial charge in [0.25, 0.3) is 0 Å². The zero-order valence-corrected chi connectivity index (χ0v) is 12.1.